The number of anilines is 1. The maximum atomic E-state index is 12.4. The third-order valence-electron chi connectivity index (χ3n) is 3.34. The molecule has 0 aromatic heterocycles. The molecule has 2 rings (SSSR count). The lowest BCUT2D eigenvalue weighted by Crippen LogP contribution is -2.61. The summed E-state index contributed by atoms with van der Waals surface area (Å²) in [5.41, 5.74) is 0.135. The maximum absolute atomic E-state index is 12.4. The van der Waals surface area contributed by atoms with Crippen molar-refractivity contribution < 1.29 is 14.3 Å². The molecular formula is C15H18N2O3. The second-order valence-corrected chi connectivity index (χ2v) is 4.97. The highest BCUT2D eigenvalue weighted by atomic mass is 16.5. The Kier molecular flexibility index (Phi) is 3.53. The summed E-state index contributed by atoms with van der Waals surface area (Å²) in [5.74, 6) is -0.341. The first-order chi connectivity index (χ1) is 9.40. The van der Waals surface area contributed by atoms with Gasteiger partial charge in [0.1, 0.15) is 5.75 Å². The Labute approximate surface area is 118 Å². The van der Waals surface area contributed by atoms with E-state index in [-0.39, 0.29) is 6.54 Å². The minimum absolute atomic E-state index is 0.287. The van der Waals surface area contributed by atoms with Gasteiger partial charge in [-0.1, -0.05) is 12.1 Å². The Morgan fingerprint density at radius 1 is 1.55 bits per heavy atom. The van der Waals surface area contributed by atoms with Gasteiger partial charge in [0.25, 0.3) is 17.4 Å². The van der Waals surface area contributed by atoms with E-state index in [2.05, 4.69) is 11.9 Å². The van der Waals surface area contributed by atoms with Crippen molar-refractivity contribution in [3.05, 3.63) is 36.4 Å². The van der Waals surface area contributed by atoms with E-state index in [0.717, 1.165) is 5.56 Å². The number of aryl methyl sites for hydroxylation is 1. The largest absolute Gasteiger partial charge is 0.466 e. The van der Waals surface area contributed by atoms with Crippen LogP contribution in [-0.4, -0.2) is 31.0 Å². The number of carbonyl (C=O) groups is 2. The lowest BCUT2D eigenvalue weighted by Gasteiger charge is -2.38. The van der Waals surface area contributed by atoms with Gasteiger partial charge in [-0.3, -0.25) is 9.59 Å². The molecule has 1 N–H and O–H groups in total. The fourth-order valence-corrected chi connectivity index (χ4v) is 2.15. The molecule has 0 radical (unpaired) electrons. The van der Waals surface area contributed by atoms with Crippen molar-refractivity contribution in [2.45, 2.75) is 19.4 Å². The summed E-state index contributed by atoms with van der Waals surface area (Å²) in [7, 11) is 1.64. The average Bonchev–Trinajstić information content (AvgIpc) is 2.43. The van der Waals surface area contributed by atoms with E-state index in [1.54, 1.807) is 19.2 Å². The zero-order valence-electron chi connectivity index (χ0n) is 11.9. The number of fused-ring (bicyclic) bond motifs is 1. The molecule has 1 aliphatic rings. The lowest BCUT2D eigenvalue weighted by molar-refractivity contribution is -0.148. The second-order valence-electron chi connectivity index (χ2n) is 4.97. The normalized spacial score (nSPS) is 20.9. The van der Waals surface area contributed by atoms with Gasteiger partial charge < -0.3 is 15.0 Å². The molecule has 1 atom stereocenters. The Balaban J connectivity index is 2.39. The molecule has 0 aliphatic carbocycles. The van der Waals surface area contributed by atoms with Crippen LogP contribution in [0.2, 0.25) is 0 Å². The van der Waals surface area contributed by atoms with E-state index in [9.17, 15) is 9.59 Å². The van der Waals surface area contributed by atoms with Gasteiger partial charge in [-0.15, -0.1) is 6.58 Å². The average molecular weight is 274 g/mol. The van der Waals surface area contributed by atoms with Gasteiger partial charge >= 0.3 is 0 Å². The maximum Gasteiger partial charge on any atom is 0.280 e. The molecule has 20 heavy (non-hydrogen) atoms. The molecule has 1 heterocycles. The standard InChI is InChI=1S/C15H18N2O3/c1-5-8-16-13(18)15(3)14(19)17(4)11-9-10(2)6-7-12(11)20-15/h5-7,9H,1,8H2,2-4H3,(H,16,18). The van der Waals surface area contributed by atoms with Crippen LogP contribution in [0.5, 0.6) is 5.75 Å². The molecule has 1 aromatic rings. The number of rotatable bonds is 3. The summed E-state index contributed by atoms with van der Waals surface area (Å²) < 4.78 is 5.68. The number of benzene rings is 1. The monoisotopic (exact) mass is 274 g/mol. The number of carbonyl (C=O) groups excluding carboxylic acids is 2. The van der Waals surface area contributed by atoms with E-state index in [4.69, 9.17) is 4.74 Å². The molecule has 2 amide bonds. The Hall–Kier alpha value is -2.30. The molecule has 5 heteroatoms. The van der Waals surface area contributed by atoms with Crippen LogP contribution >= 0.6 is 0 Å². The quantitative estimate of drug-likeness (QED) is 0.669. The zero-order chi connectivity index (χ0) is 14.9. The van der Waals surface area contributed by atoms with Gasteiger partial charge in [-0.05, 0) is 31.5 Å². The summed E-state index contributed by atoms with van der Waals surface area (Å²) in [6, 6.07) is 5.51. The molecule has 5 nitrogen and oxygen atoms in total. The third kappa shape index (κ3) is 2.15. The van der Waals surface area contributed by atoms with E-state index in [1.165, 1.54) is 11.8 Å². The minimum Gasteiger partial charge on any atom is -0.466 e. The Morgan fingerprint density at radius 3 is 2.90 bits per heavy atom. The van der Waals surface area contributed by atoms with E-state index in [0.29, 0.717) is 11.4 Å². The van der Waals surface area contributed by atoms with Crippen molar-refractivity contribution in [1.82, 2.24) is 5.32 Å². The first-order valence-corrected chi connectivity index (χ1v) is 6.37. The van der Waals surface area contributed by atoms with Crippen LogP contribution in [-0.2, 0) is 9.59 Å². The van der Waals surface area contributed by atoms with Gasteiger partial charge in [0.15, 0.2) is 0 Å². The summed E-state index contributed by atoms with van der Waals surface area (Å²) in [6.45, 7) is 7.23. The lowest BCUT2D eigenvalue weighted by atomic mass is 10.00. The van der Waals surface area contributed by atoms with Crippen molar-refractivity contribution in [2.75, 3.05) is 18.5 Å². The first-order valence-electron chi connectivity index (χ1n) is 6.37. The summed E-state index contributed by atoms with van der Waals surface area (Å²) in [5, 5.41) is 2.61. The van der Waals surface area contributed by atoms with Crippen LogP contribution in [0.15, 0.2) is 30.9 Å². The van der Waals surface area contributed by atoms with Crippen molar-refractivity contribution in [2.24, 2.45) is 0 Å². The first kappa shape index (κ1) is 14.1. The summed E-state index contributed by atoms with van der Waals surface area (Å²) in [6.07, 6.45) is 1.55. The number of ether oxygens (including phenoxy) is 1. The smallest absolute Gasteiger partial charge is 0.280 e. The Morgan fingerprint density at radius 2 is 2.25 bits per heavy atom. The van der Waals surface area contributed by atoms with Gasteiger partial charge in [0.2, 0.25) is 0 Å². The van der Waals surface area contributed by atoms with Crippen LogP contribution in [0, 0.1) is 6.92 Å². The van der Waals surface area contributed by atoms with Crippen LogP contribution in [0.1, 0.15) is 12.5 Å². The molecule has 1 aromatic carbocycles. The van der Waals surface area contributed by atoms with Crippen LogP contribution in [0.3, 0.4) is 0 Å². The van der Waals surface area contributed by atoms with E-state index in [1.807, 2.05) is 19.1 Å². The summed E-state index contributed by atoms with van der Waals surface area (Å²) in [4.78, 5) is 26.1. The van der Waals surface area contributed by atoms with Crippen LogP contribution in [0.25, 0.3) is 0 Å². The number of nitrogens with one attached hydrogen (secondary N) is 1. The number of hydrogen-bond donors (Lipinski definition) is 1. The van der Waals surface area contributed by atoms with Crippen molar-refractivity contribution >= 4 is 17.5 Å². The predicted molar refractivity (Wildman–Crippen MR) is 76.8 cm³/mol. The second kappa shape index (κ2) is 5.00. The summed E-state index contributed by atoms with van der Waals surface area (Å²) >= 11 is 0. The highest BCUT2D eigenvalue weighted by Crippen LogP contribution is 2.37. The highest BCUT2D eigenvalue weighted by molar-refractivity contribution is 6.16. The van der Waals surface area contributed by atoms with E-state index >= 15 is 0 Å². The number of likely N-dealkylation sites (N-methyl/N-ethyl adjacent to an activating group) is 1. The van der Waals surface area contributed by atoms with Crippen molar-refractivity contribution in [3.63, 3.8) is 0 Å². The van der Waals surface area contributed by atoms with Gasteiger partial charge in [0.05, 0.1) is 5.69 Å². The zero-order valence-corrected chi connectivity index (χ0v) is 11.9. The number of hydrogen-bond acceptors (Lipinski definition) is 3. The molecule has 0 spiro atoms. The van der Waals surface area contributed by atoms with Gasteiger partial charge in [-0.25, -0.2) is 0 Å². The number of nitrogens with zero attached hydrogens (tertiary/aromatic N) is 1. The minimum atomic E-state index is -1.56. The fraction of sp³-hybridized carbons (Fsp3) is 0.333. The molecular weight excluding hydrogens is 256 g/mol. The molecule has 0 saturated heterocycles. The highest BCUT2D eigenvalue weighted by Gasteiger charge is 2.49. The fourth-order valence-electron chi connectivity index (χ4n) is 2.15. The third-order valence-corrected chi connectivity index (χ3v) is 3.34. The van der Waals surface area contributed by atoms with Gasteiger partial charge in [0, 0.05) is 13.6 Å². The molecule has 0 bridgehead atoms. The SMILES string of the molecule is C=CCNC(=O)C1(C)Oc2ccc(C)cc2N(C)C1=O. The molecule has 1 aliphatic heterocycles. The van der Waals surface area contributed by atoms with E-state index < -0.39 is 17.4 Å². The topological polar surface area (TPSA) is 58.6 Å². The molecule has 0 fully saturated rings. The predicted octanol–water partition coefficient (Wildman–Crippen LogP) is 1.41. The molecule has 106 valence electrons. The van der Waals surface area contributed by atoms with Crippen molar-refractivity contribution in [1.29, 1.82) is 0 Å². The van der Waals surface area contributed by atoms with Gasteiger partial charge in [-0.2, -0.15) is 0 Å². The number of amides is 2. The Bertz CT molecular complexity index is 582. The molecule has 1 unspecified atom stereocenters. The molecule has 0 saturated carbocycles. The van der Waals surface area contributed by atoms with Crippen LogP contribution < -0.4 is 15.0 Å². The van der Waals surface area contributed by atoms with Crippen molar-refractivity contribution in [3.8, 4) is 5.75 Å². The van der Waals surface area contributed by atoms with Crippen LogP contribution in [0.4, 0.5) is 5.69 Å².